The third-order valence-electron chi connectivity index (χ3n) is 7.34. The second-order valence-corrected chi connectivity index (χ2v) is 10.5. The largest absolute Gasteiger partial charge is 0.372 e. The fourth-order valence-corrected chi connectivity index (χ4v) is 6.14. The van der Waals surface area contributed by atoms with E-state index >= 15 is 0 Å². The predicted octanol–water partition coefficient (Wildman–Crippen LogP) is 5.77. The Balaban J connectivity index is 1.41. The van der Waals surface area contributed by atoms with Crippen molar-refractivity contribution in [2.75, 3.05) is 19.7 Å². The van der Waals surface area contributed by atoms with Crippen molar-refractivity contribution in [3.05, 3.63) is 80.8 Å². The van der Waals surface area contributed by atoms with Crippen LogP contribution >= 0.6 is 23.2 Å². The average molecular weight is 527 g/mol. The topological polar surface area (TPSA) is 59.4 Å². The quantitative estimate of drug-likeness (QED) is 0.469. The lowest BCUT2D eigenvalue weighted by Gasteiger charge is -2.20. The number of nitrogens with zero attached hydrogens (tertiary/aromatic N) is 3. The molecular formula is C27H25Cl2FN4O2. The zero-order chi connectivity index (χ0) is 24.8. The van der Waals surface area contributed by atoms with Gasteiger partial charge < -0.3 is 4.74 Å². The lowest BCUT2D eigenvalue weighted by molar-refractivity contribution is 0.0801. The zero-order valence-corrected chi connectivity index (χ0v) is 21.0. The van der Waals surface area contributed by atoms with Crippen molar-refractivity contribution in [3.63, 3.8) is 0 Å². The summed E-state index contributed by atoms with van der Waals surface area (Å²) in [7, 11) is 0. The standard InChI is InChI=1S/C27H25Cl2FN4O2/c28-20-6-9-24(23(29)11-20)34-26-19(10-16-4-7-21(30)8-5-16)14-36-15-22(26)25(31-34)27(35)32-33-12-17-2-1-3-18(17)13-33/h4-11,17-18H,1-3,12-15H2,(H,32,35)/b19-10+. The number of rotatable bonds is 4. The number of hydrazine groups is 1. The number of ether oxygens (including phenoxy) is 1. The van der Waals surface area contributed by atoms with Gasteiger partial charge in [0.1, 0.15) is 5.82 Å². The maximum Gasteiger partial charge on any atom is 0.286 e. The Morgan fingerprint density at radius 3 is 2.56 bits per heavy atom. The number of fused-ring (bicyclic) bond motifs is 2. The molecule has 1 saturated carbocycles. The maximum atomic E-state index is 13.5. The van der Waals surface area contributed by atoms with Crippen molar-refractivity contribution in [2.24, 2.45) is 11.8 Å². The van der Waals surface area contributed by atoms with Gasteiger partial charge in [0.25, 0.3) is 5.91 Å². The molecule has 2 aromatic carbocycles. The minimum Gasteiger partial charge on any atom is -0.372 e. The van der Waals surface area contributed by atoms with Crippen LogP contribution in [0.4, 0.5) is 4.39 Å². The molecule has 1 saturated heterocycles. The van der Waals surface area contributed by atoms with E-state index in [4.69, 9.17) is 33.0 Å². The highest BCUT2D eigenvalue weighted by atomic mass is 35.5. The molecule has 2 fully saturated rings. The van der Waals surface area contributed by atoms with Gasteiger partial charge in [-0.05, 0) is 66.6 Å². The molecule has 0 bridgehead atoms. The van der Waals surface area contributed by atoms with Crippen LogP contribution in [0.15, 0.2) is 42.5 Å². The summed E-state index contributed by atoms with van der Waals surface area (Å²) in [5.41, 5.74) is 7.06. The number of hydrogen-bond donors (Lipinski definition) is 1. The highest BCUT2D eigenvalue weighted by molar-refractivity contribution is 6.35. The third-order valence-corrected chi connectivity index (χ3v) is 7.88. The van der Waals surface area contributed by atoms with Gasteiger partial charge in [0.05, 0.1) is 29.6 Å². The van der Waals surface area contributed by atoms with Crippen LogP contribution in [0, 0.1) is 17.7 Å². The van der Waals surface area contributed by atoms with Gasteiger partial charge >= 0.3 is 0 Å². The second-order valence-electron chi connectivity index (χ2n) is 9.69. The van der Waals surface area contributed by atoms with Crippen molar-refractivity contribution < 1.29 is 13.9 Å². The SMILES string of the molecule is O=C(NN1CC2CCCC2C1)c1nn(-c2ccc(Cl)cc2Cl)c2c1COC/C2=C\c1ccc(F)cc1. The Morgan fingerprint density at radius 1 is 1.08 bits per heavy atom. The molecule has 1 amide bonds. The summed E-state index contributed by atoms with van der Waals surface area (Å²) < 4.78 is 21.0. The summed E-state index contributed by atoms with van der Waals surface area (Å²) >= 11 is 12.7. The molecule has 0 spiro atoms. The molecule has 36 heavy (non-hydrogen) atoms. The van der Waals surface area contributed by atoms with Crippen LogP contribution < -0.4 is 5.43 Å². The molecule has 3 aliphatic rings. The number of hydrogen-bond acceptors (Lipinski definition) is 4. The van der Waals surface area contributed by atoms with E-state index in [2.05, 4.69) is 5.43 Å². The van der Waals surface area contributed by atoms with Crippen molar-refractivity contribution in [3.8, 4) is 5.69 Å². The van der Waals surface area contributed by atoms with Crippen LogP contribution in [0.1, 0.15) is 46.6 Å². The molecule has 2 unspecified atom stereocenters. The minimum absolute atomic E-state index is 0.245. The third kappa shape index (κ3) is 4.45. The van der Waals surface area contributed by atoms with Crippen LogP contribution in [-0.4, -0.2) is 40.4 Å². The van der Waals surface area contributed by atoms with Gasteiger partial charge in [-0.1, -0.05) is 41.8 Å². The van der Waals surface area contributed by atoms with Gasteiger partial charge in [-0.25, -0.2) is 14.1 Å². The fraction of sp³-hybridized carbons (Fsp3) is 0.333. The Hall–Kier alpha value is -2.71. The summed E-state index contributed by atoms with van der Waals surface area (Å²) in [6.45, 7) is 2.30. The lowest BCUT2D eigenvalue weighted by atomic mass is 10.0. The van der Waals surface area contributed by atoms with Crippen molar-refractivity contribution >= 4 is 40.8 Å². The number of amides is 1. The highest BCUT2D eigenvalue weighted by Crippen LogP contribution is 2.38. The molecular weight excluding hydrogens is 502 g/mol. The van der Waals surface area contributed by atoms with Gasteiger partial charge in [-0.3, -0.25) is 10.2 Å². The first-order chi connectivity index (χ1) is 17.5. The first-order valence-corrected chi connectivity index (χ1v) is 12.9. The van der Waals surface area contributed by atoms with Crippen LogP contribution in [0.3, 0.4) is 0 Å². The molecule has 3 aromatic rings. The van der Waals surface area contributed by atoms with Gasteiger partial charge in [-0.15, -0.1) is 0 Å². The Kier molecular flexibility index (Phi) is 6.33. The molecule has 1 aliphatic carbocycles. The summed E-state index contributed by atoms with van der Waals surface area (Å²) in [6.07, 6.45) is 5.64. The summed E-state index contributed by atoms with van der Waals surface area (Å²) in [5.74, 6) is 0.735. The van der Waals surface area contributed by atoms with Gasteiger partial charge in [0, 0.05) is 29.2 Å². The molecule has 1 N–H and O–H groups in total. The number of carbonyl (C=O) groups excluding carboxylic acids is 1. The van der Waals surface area contributed by atoms with Crippen LogP contribution in [0.2, 0.25) is 10.0 Å². The highest BCUT2D eigenvalue weighted by Gasteiger charge is 2.38. The summed E-state index contributed by atoms with van der Waals surface area (Å²) in [4.78, 5) is 13.5. The molecule has 6 nitrogen and oxygen atoms in total. The number of aromatic nitrogens is 2. The average Bonchev–Trinajstić information content (AvgIpc) is 3.55. The Labute approximate surface area is 218 Å². The van der Waals surface area contributed by atoms with Crippen molar-refractivity contribution in [1.29, 1.82) is 0 Å². The van der Waals surface area contributed by atoms with E-state index in [1.807, 2.05) is 11.1 Å². The molecule has 6 rings (SSSR count). The van der Waals surface area contributed by atoms with Gasteiger partial charge in [0.2, 0.25) is 0 Å². The van der Waals surface area contributed by atoms with E-state index < -0.39 is 0 Å². The van der Waals surface area contributed by atoms with E-state index in [0.29, 0.717) is 45.4 Å². The number of nitrogens with one attached hydrogen (secondary N) is 1. The van der Waals surface area contributed by atoms with E-state index in [9.17, 15) is 9.18 Å². The van der Waals surface area contributed by atoms with Gasteiger partial charge in [0.15, 0.2) is 5.69 Å². The van der Waals surface area contributed by atoms with Crippen molar-refractivity contribution in [2.45, 2.75) is 25.9 Å². The Morgan fingerprint density at radius 2 is 1.83 bits per heavy atom. The molecule has 0 radical (unpaired) electrons. The molecule has 9 heteroatoms. The first kappa shape index (κ1) is 23.7. The predicted molar refractivity (Wildman–Crippen MR) is 137 cm³/mol. The molecule has 186 valence electrons. The Bertz CT molecular complexity index is 1340. The number of carbonyl (C=O) groups is 1. The summed E-state index contributed by atoms with van der Waals surface area (Å²) in [5, 5.41) is 7.69. The van der Waals surface area contributed by atoms with Gasteiger partial charge in [-0.2, -0.15) is 5.10 Å². The normalized spacial score (nSPS) is 22.6. The fourth-order valence-electron chi connectivity index (χ4n) is 5.65. The summed E-state index contributed by atoms with van der Waals surface area (Å²) in [6, 6.07) is 11.4. The van der Waals surface area contributed by atoms with E-state index in [0.717, 1.165) is 29.9 Å². The van der Waals surface area contributed by atoms with E-state index in [1.54, 1.807) is 35.0 Å². The molecule has 2 aliphatic heterocycles. The van der Waals surface area contributed by atoms with E-state index in [1.165, 1.54) is 31.4 Å². The number of benzene rings is 2. The van der Waals surface area contributed by atoms with E-state index in [-0.39, 0.29) is 18.3 Å². The monoisotopic (exact) mass is 526 g/mol. The number of halogens is 3. The maximum absolute atomic E-state index is 13.5. The van der Waals surface area contributed by atoms with Crippen LogP contribution in [0.25, 0.3) is 17.3 Å². The first-order valence-electron chi connectivity index (χ1n) is 12.1. The minimum atomic E-state index is -0.305. The lowest BCUT2D eigenvalue weighted by Crippen LogP contribution is -2.41. The molecule has 3 heterocycles. The second kappa shape index (κ2) is 9.63. The molecule has 1 aromatic heterocycles. The smallest absolute Gasteiger partial charge is 0.286 e. The van der Waals surface area contributed by atoms with Crippen molar-refractivity contribution in [1.82, 2.24) is 20.2 Å². The van der Waals surface area contributed by atoms with Crippen LogP contribution in [-0.2, 0) is 11.3 Å². The molecule has 2 atom stereocenters. The zero-order valence-electron chi connectivity index (χ0n) is 19.5. The van der Waals surface area contributed by atoms with Crippen LogP contribution in [0.5, 0.6) is 0 Å².